The van der Waals surface area contributed by atoms with Crippen LogP contribution in [0.25, 0.3) is 0 Å². The molecule has 1 unspecified atom stereocenters. The monoisotopic (exact) mass is 374 g/mol. The van der Waals surface area contributed by atoms with E-state index in [1.54, 1.807) is 22.5 Å². The van der Waals surface area contributed by atoms with Crippen LogP contribution in [0.1, 0.15) is 39.0 Å². The molecule has 1 aromatic rings. The minimum atomic E-state index is -3.48. The molecule has 0 aromatic heterocycles. The third-order valence-corrected chi connectivity index (χ3v) is 6.56. The molecule has 6 heteroatoms. The first-order valence-electron chi connectivity index (χ1n) is 7.50. The fourth-order valence-electron chi connectivity index (χ4n) is 2.97. The summed E-state index contributed by atoms with van der Waals surface area (Å²) >= 11 is 3.31. The highest BCUT2D eigenvalue weighted by Crippen LogP contribution is 2.29. The van der Waals surface area contributed by atoms with Gasteiger partial charge in [-0.1, -0.05) is 35.7 Å². The molecule has 1 aliphatic rings. The highest BCUT2D eigenvalue weighted by atomic mass is 79.9. The van der Waals surface area contributed by atoms with E-state index in [-0.39, 0.29) is 4.90 Å². The van der Waals surface area contributed by atoms with E-state index >= 15 is 0 Å². The summed E-state index contributed by atoms with van der Waals surface area (Å²) in [6.07, 6.45) is 5.35. The van der Waals surface area contributed by atoms with Gasteiger partial charge in [-0.15, -0.1) is 0 Å². The number of halogens is 1. The molecule has 1 saturated heterocycles. The second kappa shape index (κ2) is 7.11. The van der Waals surface area contributed by atoms with Crippen molar-refractivity contribution in [1.82, 2.24) is 4.31 Å². The van der Waals surface area contributed by atoms with Crippen LogP contribution in [0.3, 0.4) is 0 Å². The summed E-state index contributed by atoms with van der Waals surface area (Å²) in [6, 6.07) is 4.95. The van der Waals surface area contributed by atoms with Gasteiger partial charge in [0, 0.05) is 17.6 Å². The quantitative estimate of drug-likeness (QED) is 0.818. The lowest BCUT2D eigenvalue weighted by Gasteiger charge is -2.21. The van der Waals surface area contributed by atoms with Crippen LogP contribution in [0.5, 0.6) is 0 Å². The Hall–Kier alpha value is -0.590. The fraction of sp³-hybridized carbons (Fsp3) is 0.600. The first kappa shape index (κ1) is 16.8. The molecule has 1 heterocycles. The van der Waals surface area contributed by atoms with Crippen LogP contribution in [0.15, 0.2) is 27.6 Å². The van der Waals surface area contributed by atoms with Gasteiger partial charge in [0.1, 0.15) is 4.90 Å². The molecular weight excluding hydrogens is 352 g/mol. The number of rotatable bonds is 4. The van der Waals surface area contributed by atoms with E-state index in [1.807, 2.05) is 0 Å². The van der Waals surface area contributed by atoms with E-state index in [1.165, 1.54) is 6.42 Å². The van der Waals surface area contributed by atoms with Gasteiger partial charge in [0.25, 0.3) is 0 Å². The van der Waals surface area contributed by atoms with Gasteiger partial charge >= 0.3 is 0 Å². The maximum atomic E-state index is 12.8. The molecule has 0 radical (unpaired) electrons. The molecule has 1 aliphatic heterocycles. The zero-order chi connectivity index (χ0) is 15.5. The van der Waals surface area contributed by atoms with Crippen LogP contribution in [0.2, 0.25) is 0 Å². The van der Waals surface area contributed by atoms with Gasteiger partial charge in [0.05, 0.1) is 5.69 Å². The highest BCUT2D eigenvalue weighted by Gasteiger charge is 2.28. The minimum Gasteiger partial charge on any atom is -0.398 e. The van der Waals surface area contributed by atoms with Gasteiger partial charge in [-0.25, -0.2) is 8.42 Å². The number of sulfonamides is 1. The van der Waals surface area contributed by atoms with Gasteiger partial charge in [0.15, 0.2) is 0 Å². The number of hydrogen-bond donors (Lipinski definition) is 1. The number of nitrogen functional groups attached to an aromatic ring is 1. The van der Waals surface area contributed by atoms with Crippen LogP contribution in [-0.4, -0.2) is 25.8 Å². The molecule has 0 saturated carbocycles. The first-order chi connectivity index (χ1) is 9.95. The lowest BCUT2D eigenvalue weighted by Crippen LogP contribution is -2.32. The SMILES string of the molecule is CCCC1CCCN(S(=O)(=O)c2ccc(Br)cc2N)CC1. The zero-order valence-electron chi connectivity index (χ0n) is 12.4. The van der Waals surface area contributed by atoms with Crippen molar-refractivity contribution in [2.24, 2.45) is 5.92 Å². The van der Waals surface area contributed by atoms with Gasteiger partial charge in [-0.2, -0.15) is 4.31 Å². The Morgan fingerprint density at radius 3 is 2.76 bits per heavy atom. The van der Waals surface area contributed by atoms with Crippen LogP contribution in [-0.2, 0) is 10.0 Å². The van der Waals surface area contributed by atoms with E-state index in [9.17, 15) is 8.42 Å². The Morgan fingerprint density at radius 2 is 2.10 bits per heavy atom. The lowest BCUT2D eigenvalue weighted by atomic mass is 9.96. The molecule has 0 spiro atoms. The van der Waals surface area contributed by atoms with Crippen LogP contribution in [0.4, 0.5) is 5.69 Å². The van der Waals surface area contributed by atoms with Crippen molar-refractivity contribution in [3.05, 3.63) is 22.7 Å². The van der Waals surface area contributed by atoms with Crippen molar-refractivity contribution in [2.45, 2.75) is 43.9 Å². The van der Waals surface area contributed by atoms with Gasteiger partial charge < -0.3 is 5.73 Å². The number of hydrogen-bond acceptors (Lipinski definition) is 3. The predicted octanol–water partition coefficient (Wildman–Crippen LogP) is 3.62. The first-order valence-corrected chi connectivity index (χ1v) is 9.73. The number of anilines is 1. The summed E-state index contributed by atoms with van der Waals surface area (Å²) < 4.78 is 27.9. The molecule has 1 aromatic carbocycles. The van der Waals surface area contributed by atoms with Gasteiger partial charge in [-0.05, 0) is 43.4 Å². The van der Waals surface area contributed by atoms with Crippen molar-refractivity contribution in [2.75, 3.05) is 18.8 Å². The molecule has 2 rings (SSSR count). The third kappa shape index (κ3) is 3.99. The average Bonchev–Trinajstić information content (AvgIpc) is 2.65. The second-order valence-corrected chi connectivity index (χ2v) is 8.49. The Labute approximate surface area is 135 Å². The Morgan fingerprint density at radius 1 is 1.33 bits per heavy atom. The number of benzene rings is 1. The largest absolute Gasteiger partial charge is 0.398 e. The summed E-state index contributed by atoms with van der Waals surface area (Å²) in [5, 5.41) is 0. The van der Waals surface area contributed by atoms with Crippen molar-refractivity contribution in [1.29, 1.82) is 0 Å². The normalized spacial score (nSPS) is 21.1. The van der Waals surface area contributed by atoms with E-state index in [0.29, 0.717) is 24.7 Å². The van der Waals surface area contributed by atoms with Gasteiger partial charge in [0.2, 0.25) is 10.0 Å². The molecule has 1 atom stereocenters. The molecular formula is C15H23BrN2O2S. The summed E-state index contributed by atoms with van der Waals surface area (Å²) in [4.78, 5) is 0.222. The Balaban J connectivity index is 2.19. The smallest absolute Gasteiger partial charge is 0.245 e. The topological polar surface area (TPSA) is 63.4 Å². The molecule has 4 nitrogen and oxygen atoms in total. The Bertz CT molecular complexity index is 589. The fourth-order valence-corrected chi connectivity index (χ4v) is 4.94. The third-order valence-electron chi connectivity index (χ3n) is 4.09. The lowest BCUT2D eigenvalue weighted by molar-refractivity contribution is 0.400. The molecule has 0 amide bonds. The second-order valence-electron chi connectivity index (χ2n) is 5.67. The summed E-state index contributed by atoms with van der Waals surface area (Å²) in [7, 11) is -3.48. The standard InChI is InChI=1S/C15H23BrN2O2S/c1-2-4-12-5-3-9-18(10-8-12)21(19,20)15-7-6-13(16)11-14(15)17/h6-7,11-12H,2-5,8-10,17H2,1H3. The molecule has 21 heavy (non-hydrogen) atoms. The molecule has 1 fully saturated rings. The molecule has 0 bridgehead atoms. The zero-order valence-corrected chi connectivity index (χ0v) is 14.8. The van der Waals surface area contributed by atoms with E-state index in [0.717, 1.165) is 30.2 Å². The Kier molecular flexibility index (Phi) is 5.68. The average molecular weight is 375 g/mol. The van der Waals surface area contributed by atoms with Crippen molar-refractivity contribution in [3.63, 3.8) is 0 Å². The van der Waals surface area contributed by atoms with Crippen LogP contribution < -0.4 is 5.73 Å². The van der Waals surface area contributed by atoms with E-state index in [4.69, 9.17) is 5.73 Å². The summed E-state index contributed by atoms with van der Waals surface area (Å²) in [6.45, 7) is 3.38. The molecule has 0 aliphatic carbocycles. The van der Waals surface area contributed by atoms with Crippen LogP contribution in [0, 0.1) is 5.92 Å². The van der Waals surface area contributed by atoms with E-state index < -0.39 is 10.0 Å². The van der Waals surface area contributed by atoms with Crippen molar-refractivity contribution < 1.29 is 8.42 Å². The van der Waals surface area contributed by atoms with Crippen molar-refractivity contribution in [3.8, 4) is 0 Å². The number of nitrogens with two attached hydrogens (primary N) is 1. The maximum absolute atomic E-state index is 12.8. The summed E-state index contributed by atoms with van der Waals surface area (Å²) in [5.41, 5.74) is 6.20. The molecule has 2 N–H and O–H groups in total. The van der Waals surface area contributed by atoms with Gasteiger partial charge in [-0.3, -0.25) is 0 Å². The summed E-state index contributed by atoms with van der Waals surface area (Å²) in [5.74, 6) is 0.650. The predicted molar refractivity (Wildman–Crippen MR) is 89.6 cm³/mol. The number of nitrogens with zero attached hydrogens (tertiary/aromatic N) is 1. The highest BCUT2D eigenvalue weighted by molar-refractivity contribution is 9.10. The van der Waals surface area contributed by atoms with E-state index in [2.05, 4.69) is 22.9 Å². The van der Waals surface area contributed by atoms with Crippen LogP contribution >= 0.6 is 15.9 Å². The maximum Gasteiger partial charge on any atom is 0.245 e. The molecule has 118 valence electrons. The van der Waals surface area contributed by atoms with Crippen molar-refractivity contribution >= 4 is 31.6 Å². The minimum absolute atomic E-state index is 0.222.